The summed E-state index contributed by atoms with van der Waals surface area (Å²) in [7, 11) is 0. The van der Waals surface area contributed by atoms with E-state index >= 15 is 0 Å². The fourth-order valence-electron chi connectivity index (χ4n) is 4.59. The van der Waals surface area contributed by atoms with Crippen molar-refractivity contribution in [3.8, 4) is 11.1 Å². The first-order valence-electron chi connectivity index (χ1n) is 10.5. The largest absolute Gasteiger partial charge is 0.481 e. The predicted octanol–water partition coefficient (Wildman–Crippen LogP) is 4.91. The quantitative estimate of drug-likeness (QED) is 0.602. The van der Waals surface area contributed by atoms with Crippen LogP contribution in [0, 0.1) is 5.92 Å². The summed E-state index contributed by atoms with van der Waals surface area (Å²) in [5.41, 5.74) is 6.71. The number of carbonyl (C=O) groups excluding carboxylic acids is 1. The molecule has 31 heavy (non-hydrogen) atoms. The molecule has 2 N–H and O–H groups in total. The Labute approximate surface area is 180 Å². The second-order valence-electron chi connectivity index (χ2n) is 8.21. The molecule has 1 saturated carbocycles. The summed E-state index contributed by atoms with van der Waals surface area (Å²) in [5, 5.41) is 11.9. The van der Waals surface area contributed by atoms with Crippen LogP contribution in [0.1, 0.15) is 40.5 Å². The summed E-state index contributed by atoms with van der Waals surface area (Å²) in [6.07, 6.45) is 0.223. The van der Waals surface area contributed by atoms with E-state index in [0.717, 1.165) is 11.1 Å². The molecule has 1 amide bonds. The minimum atomic E-state index is -0.743. The Balaban J connectivity index is 1.20. The molecule has 0 heterocycles. The van der Waals surface area contributed by atoms with Gasteiger partial charge in [0, 0.05) is 12.5 Å². The van der Waals surface area contributed by atoms with Crippen LogP contribution in [0.25, 0.3) is 11.1 Å². The first-order valence-corrected chi connectivity index (χ1v) is 10.5. The molecule has 2 aliphatic rings. The Kier molecular flexibility index (Phi) is 4.94. The average Bonchev–Trinajstić information content (AvgIpc) is 3.54. The standard InChI is InChI=1S/C26H23NO4/c28-25(29)23-13-22(23)17-7-5-6-16(12-17)14-27-26(30)31-15-24-20-10-3-1-8-18(20)19-9-2-4-11-21(19)24/h1-12,22-24H,13-15H2,(H,27,30)(H,28,29)/t22-,23+/m0/s1. The van der Waals surface area contributed by atoms with E-state index in [9.17, 15) is 9.59 Å². The number of hydrogen-bond donors (Lipinski definition) is 2. The monoisotopic (exact) mass is 413 g/mol. The topological polar surface area (TPSA) is 75.6 Å². The number of nitrogens with one attached hydrogen (secondary N) is 1. The summed E-state index contributed by atoms with van der Waals surface area (Å²) in [5.74, 6) is -0.922. The van der Waals surface area contributed by atoms with Gasteiger partial charge >= 0.3 is 12.1 Å². The molecule has 5 rings (SSSR count). The van der Waals surface area contributed by atoms with Crippen molar-refractivity contribution in [2.45, 2.75) is 24.8 Å². The molecule has 3 aromatic rings. The highest BCUT2D eigenvalue weighted by Crippen LogP contribution is 2.47. The Morgan fingerprint density at radius 3 is 2.26 bits per heavy atom. The maximum absolute atomic E-state index is 12.4. The lowest BCUT2D eigenvalue weighted by molar-refractivity contribution is -0.138. The number of carboxylic acid groups (broad SMARTS) is 1. The van der Waals surface area contributed by atoms with Gasteiger partial charge in [-0.25, -0.2) is 4.79 Å². The van der Waals surface area contributed by atoms with Crippen molar-refractivity contribution in [3.05, 3.63) is 95.1 Å². The number of fused-ring (bicyclic) bond motifs is 3. The minimum absolute atomic E-state index is 0.0318. The van der Waals surface area contributed by atoms with Crippen LogP contribution < -0.4 is 5.32 Å². The number of aliphatic carboxylic acids is 1. The zero-order valence-corrected chi connectivity index (χ0v) is 17.0. The van der Waals surface area contributed by atoms with Crippen LogP contribution >= 0.6 is 0 Å². The molecular weight excluding hydrogens is 390 g/mol. The predicted molar refractivity (Wildman–Crippen MR) is 117 cm³/mol. The van der Waals surface area contributed by atoms with Gasteiger partial charge < -0.3 is 15.2 Å². The number of hydrogen-bond acceptors (Lipinski definition) is 3. The smallest absolute Gasteiger partial charge is 0.407 e. The van der Waals surface area contributed by atoms with Crippen LogP contribution in [-0.2, 0) is 16.1 Å². The van der Waals surface area contributed by atoms with Crippen molar-refractivity contribution in [2.24, 2.45) is 5.92 Å². The molecule has 5 heteroatoms. The van der Waals surface area contributed by atoms with Crippen LogP contribution in [0.15, 0.2) is 72.8 Å². The number of alkyl carbamates (subject to hydrolysis) is 1. The van der Waals surface area contributed by atoms with Gasteiger partial charge in [0.2, 0.25) is 0 Å². The number of amides is 1. The lowest BCUT2D eigenvalue weighted by Gasteiger charge is -2.14. The highest BCUT2D eigenvalue weighted by Gasteiger charge is 2.44. The molecule has 2 aliphatic carbocycles. The second kappa shape index (κ2) is 7.91. The molecule has 0 radical (unpaired) electrons. The molecule has 0 aromatic heterocycles. The van der Waals surface area contributed by atoms with Crippen molar-refractivity contribution in [1.82, 2.24) is 5.32 Å². The first kappa shape index (κ1) is 19.4. The van der Waals surface area contributed by atoms with E-state index in [-0.39, 0.29) is 24.4 Å². The van der Waals surface area contributed by atoms with Crippen LogP contribution in [0.4, 0.5) is 4.79 Å². The Hall–Kier alpha value is -3.60. The zero-order chi connectivity index (χ0) is 21.4. The fourth-order valence-corrected chi connectivity index (χ4v) is 4.59. The van der Waals surface area contributed by atoms with Crippen molar-refractivity contribution >= 4 is 12.1 Å². The van der Waals surface area contributed by atoms with E-state index in [2.05, 4.69) is 29.6 Å². The van der Waals surface area contributed by atoms with Crippen LogP contribution in [0.2, 0.25) is 0 Å². The molecule has 0 spiro atoms. The average molecular weight is 413 g/mol. The van der Waals surface area contributed by atoms with Gasteiger partial charge in [-0.3, -0.25) is 4.79 Å². The summed E-state index contributed by atoms with van der Waals surface area (Å²) in [6.45, 7) is 0.622. The van der Waals surface area contributed by atoms with E-state index in [4.69, 9.17) is 9.84 Å². The molecule has 5 nitrogen and oxygen atoms in total. The molecule has 0 saturated heterocycles. The minimum Gasteiger partial charge on any atom is -0.481 e. The van der Waals surface area contributed by atoms with E-state index in [1.165, 1.54) is 22.3 Å². The van der Waals surface area contributed by atoms with Gasteiger partial charge in [0.15, 0.2) is 0 Å². The Morgan fingerprint density at radius 2 is 1.61 bits per heavy atom. The van der Waals surface area contributed by atoms with Crippen molar-refractivity contribution in [2.75, 3.05) is 6.61 Å². The number of carbonyl (C=O) groups is 2. The van der Waals surface area contributed by atoms with Crippen LogP contribution in [-0.4, -0.2) is 23.8 Å². The number of ether oxygens (including phenoxy) is 1. The Bertz CT molecular complexity index is 1110. The number of benzene rings is 3. The lowest BCUT2D eigenvalue weighted by Crippen LogP contribution is -2.25. The summed E-state index contributed by atoms with van der Waals surface area (Å²) in [6, 6.07) is 24.2. The van der Waals surface area contributed by atoms with Crippen LogP contribution in [0.3, 0.4) is 0 Å². The third kappa shape index (κ3) is 3.79. The molecule has 156 valence electrons. The molecule has 2 atom stereocenters. The van der Waals surface area contributed by atoms with Gasteiger partial charge in [-0.15, -0.1) is 0 Å². The number of rotatable bonds is 6. The maximum Gasteiger partial charge on any atom is 0.407 e. The van der Waals surface area contributed by atoms with E-state index in [0.29, 0.717) is 13.0 Å². The highest BCUT2D eigenvalue weighted by molar-refractivity contribution is 5.79. The molecule has 0 bridgehead atoms. The summed E-state index contributed by atoms with van der Waals surface area (Å²) in [4.78, 5) is 23.5. The third-order valence-electron chi connectivity index (χ3n) is 6.27. The lowest BCUT2D eigenvalue weighted by atomic mass is 9.98. The number of carboxylic acids is 1. The SMILES string of the molecule is O=C(NCc1cccc([C@@H]2C[C@H]2C(=O)O)c1)OCC1c2ccccc2-c2ccccc21. The third-order valence-corrected chi connectivity index (χ3v) is 6.27. The van der Waals surface area contributed by atoms with Crippen molar-refractivity contribution in [1.29, 1.82) is 0 Å². The normalized spacial score (nSPS) is 18.7. The van der Waals surface area contributed by atoms with Crippen molar-refractivity contribution < 1.29 is 19.4 Å². The van der Waals surface area contributed by atoms with E-state index in [1.54, 1.807) is 0 Å². The summed E-state index contributed by atoms with van der Waals surface area (Å²) < 4.78 is 5.57. The van der Waals surface area contributed by atoms with Gasteiger partial charge in [0.1, 0.15) is 6.61 Å². The zero-order valence-electron chi connectivity index (χ0n) is 17.0. The van der Waals surface area contributed by atoms with Crippen molar-refractivity contribution in [3.63, 3.8) is 0 Å². The van der Waals surface area contributed by atoms with Gasteiger partial charge in [-0.1, -0.05) is 72.8 Å². The second-order valence-corrected chi connectivity index (χ2v) is 8.21. The van der Waals surface area contributed by atoms with Gasteiger partial charge in [0.25, 0.3) is 0 Å². The molecule has 3 aromatic carbocycles. The molecule has 1 fully saturated rings. The van der Waals surface area contributed by atoms with Gasteiger partial charge in [-0.05, 0) is 45.7 Å². The first-order chi connectivity index (χ1) is 15.1. The van der Waals surface area contributed by atoms with Gasteiger partial charge in [-0.2, -0.15) is 0 Å². The Morgan fingerprint density at radius 1 is 0.935 bits per heavy atom. The summed E-state index contributed by atoms with van der Waals surface area (Å²) >= 11 is 0. The molecule has 0 unspecified atom stereocenters. The molecule has 0 aliphatic heterocycles. The van der Waals surface area contributed by atoms with Gasteiger partial charge in [0.05, 0.1) is 5.92 Å². The molecular formula is C26H23NO4. The highest BCUT2D eigenvalue weighted by atomic mass is 16.5. The fraction of sp³-hybridized carbons (Fsp3) is 0.231. The maximum atomic E-state index is 12.4. The van der Waals surface area contributed by atoms with E-state index < -0.39 is 12.1 Å². The van der Waals surface area contributed by atoms with Crippen LogP contribution in [0.5, 0.6) is 0 Å². The van der Waals surface area contributed by atoms with E-state index in [1.807, 2.05) is 48.5 Å².